The number of benzene rings is 4. The molecule has 196 valence electrons. The quantitative estimate of drug-likeness (QED) is 0.333. The largest absolute Gasteiger partial charge is 0.326 e. The highest BCUT2D eigenvalue weighted by molar-refractivity contribution is 7.91. The fourth-order valence-electron chi connectivity index (χ4n) is 4.37. The summed E-state index contributed by atoms with van der Waals surface area (Å²) < 4.78 is 27.3. The Morgan fingerprint density at radius 1 is 0.821 bits per heavy atom. The van der Waals surface area contributed by atoms with E-state index < -0.39 is 21.7 Å². The van der Waals surface area contributed by atoms with Gasteiger partial charge < -0.3 is 15.5 Å². The Hall–Kier alpha value is -4.47. The molecular formula is C29H22ClN3O5S. The average Bonchev–Trinajstić information content (AvgIpc) is 2.97. The number of nitrogens with one attached hydrogen (secondary N) is 2. The van der Waals surface area contributed by atoms with Crippen LogP contribution in [0.15, 0.2) is 101 Å². The molecular weight excluding hydrogens is 538 g/mol. The Morgan fingerprint density at radius 2 is 1.51 bits per heavy atom. The summed E-state index contributed by atoms with van der Waals surface area (Å²) in [4.78, 5) is 39.3. The Bertz CT molecular complexity index is 1740. The molecule has 39 heavy (non-hydrogen) atoms. The van der Waals surface area contributed by atoms with Gasteiger partial charge in [0.1, 0.15) is 0 Å². The molecule has 0 spiro atoms. The first-order valence-electron chi connectivity index (χ1n) is 11.9. The zero-order valence-electron chi connectivity index (χ0n) is 20.6. The summed E-state index contributed by atoms with van der Waals surface area (Å²) in [6.07, 6.45) is 0. The lowest BCUT2D eigenvalue weighted by atomic mass is 10.1. The van der Waals surface area contributed by atoms with Crippen LogP contribution in [0.5, 0.6) is 0 Å². The predicted molar refractivity (Wildman–Crippen MR) is 149 cm³/mol. The van der Waals surface area contributed by atoms with Gasteiger partial charge in [0.2, 0.25) is 15.7 Å². The summed E-state index contributed by atoms with van der Waals surface area (Å²) in [6, 6.07) is 23.7. The smallest absolute Gasteiger partial charge is 0.259 e. The standard InChI is InChI=1S/C29H22ClN3O5S/c1-18(34)31-22-10-12-23(13-11-22)32-28(35)20-9-14-27-25(16-20)33(17-19-5-4-6-21(30)15-19)29(36)24-7-2-3-8-26(24)39(27,37)38/h2-16H,17H2,1H3,(H,31,34)(H,32,35). The molecule has 0 saturated heterocycles. The molecule has 4 aromatic rings. The van der Waals surface area contributed by atoms with Gasteiger partial charge in [-0.15, -0.1) is 0 Å². The van der Waals surface area contributed by atoms with E-state index in [1.54, 1.807) is 60.7 Å². The van der Waals surface area contributed by atoms with Gasteiger partial charge in [-0.3, -0.25) is 14.4 Å². The number of carbonyl (C=O) groups excluding carboxylic acids is 3. The number of hydrogen-bond acceptors (Lipinski definition) is 5. The number of fused-ring (bicyclic) bond motifs is 2. The monoisotopic (exact) mass is 559 g/mol. The Kier molecular flexibility index (Phi) is 6.94. The van der Waals surface area contributed by atoms with E-state index in [4.69, 9.17) is 11.6 Å². The molecule has 0 aliphatic carbocycles. The lowest BCUT2D eigenvalue weighted by molar-refractivity contribution is -0.114. The molecule has 0 unspecified atom stereocenters. The molecule has 0 saturated carbocycles. The minimum absolute atomic E-state index is 0.0337. The van der Waals surface area contributed by atoms with Gasteiger partial charge in [0, 0.05) is 28.9 Å². The first-order valence-corrected chi connectivity index (χ1v) is 13.7. The number of nitrogens with zero attached hydrogens (tertiary/aromatic N) is 1. The second-order valence-electron chi connectivity index (χ2n) is 8.92. The van der Waals surface area contributed by atoms with Crippen molar-refractivity contribution in [2.45, 2.75) is 23.3 Å². The van der Waals surface area contributed by atoms with Crippen molar-refractivity contribution in [1.82, 2.24) is 0 Å². The Balaban J connectivity index is 1.56. The summed E-state index contributed by atoms with van der Waals surface area (Å²) in [7, 11) is -4.07. The van der Waals surface area contributed by atoms with E-state index in [1.165, 1.54) is 42.2 Å². The summed E-state index contributed by atoms with van der Waals surface area (Å²) in [5.41, 5.74) is 2.02. The molecule has 0 fully saturated rings. The lowest BCUT2D eigenvalue weighted by Gasteiger charge is -2.23. The van der Waals surface area contributed by atoms with Gasteiger partial charge in [-0.05, 0) is 72.3 Å². The fourth-order valence-corrected chi connectivity index (χ4v) is 6.21. The number of halogens is 1. The molecule has 3 amide bonds. The van der Waals surface area contributed by atoms with Gasteiger partial charge in [-0.2, -0.15) is 0 Å². The lowest BCUT2D eigenvalue weighted by Crippen LogP contribution is -2.30. The van der Waals surface area contributed by atoms with Gasteiger partial charge in [0.25, 0.3) is 11.8 Å². The fraction of sp³-hybridized carbons (Fsp3) is 0.0690. The number of amides is 3. The van der Waals surface area contributed by atoms with Crippen molar-refractivity contribution in [3.63, 3.8) is 0 Å². The van der Waals surface area contributed by atoms with Gasteiger partial charge in [-0.25, -0.2) is 8.42 Å². The molecule has 0 aromatic heterocycles. The van der Waals surface area contributed by atoms with E-state index >= 15 is 0 Å². The molecule has 10 heteroatoms. The van der Waals surface area contributed by atoms with Crippen molar-refractivity contribution in [1.29, 1.82) is 0 Å². The Labute approximate surface area is 230 Å². The van der Waals surface area contributed by atoms with Crippen molar-refractivity contribution in [3.8, 4) is 0 Å². The molecule has 8 nitrogen and oxygen atoms in total. The van der Waals surface area contributed by atoms with E-state index in [9.17, 15) is 22.8 Å². The highest BCUT2D eigenvalue weighted by atomic mass is 35.5. The highest BCUT2D eigenvalue weighted by Gasteiger charge is 2.36. The first-order chi connectivity index (χ1) is 18.6. The van der Waals surface area contributed by atoms with E-state index in [1.807, 2.05) is 0 Å². The molecule has 2 N–H and O–H groups in total. The summed E-state index contributed by atoms with van der Waals surface area (Å²) >= 11 is 6.16. The number of sulfone groups is 1. The van der Waals surface area contributed by atoms with Gasteiger partial charge >= 0.3 is 0 Å². The van der Waals surface area contributed by atoms with Gasteiger partial charge in [0.05, 0.1) is 27.6 Å². The average molecular weight is 560 g/mol. The third kappa shape index (κ3) is 5.27. The maximum absolute atomic E-state index is 13.8. The van der Waals surface area contributed by atoms with Crippen molar-refractivity contribution in [2.24, 2.45) is 0 Å². The second-order valence-corrected chi connectivity index (χ2v) is 11.2. The maximum atomic E-state index is 13.8. The molecule has 4 aromatic carbocycles. The van der Waals surface area contributed by atoms with Crippen LogP contribution in [0.2, 0.25) is 5.02 Å². The normalized spacial score (nSPS) is 13.6. The molecule has 0 atom stereocenters. The van der Waals surface area contributed by atoms with Gasteiger partial charge in [-0.1, -0.05) is 35.9 Å². The molecule has 0 radical (unpaired) electrons. The van der Waals surface area contributed by atoms with Crippen LogP contribution in [-0.2, 0) is 21.2 Å². The summed E-state index contributed by atoms with van der Waals surface area (Å²) in [5, 5.41) is 5.88. The van der Waals surface area contributed by atoms with Crippen LogP contribution in [0.1, 0.15) is 33.2 Å². The first kappa shape index (κ1) is 26.1. The van der Waals surface area contributed by atoms with E-state index in [-0.39, 0.29) is 39.1 Å². The van der Waals surface area contributed by atoms with Crippen LogP contribution in [0.4, 0.5) is 17.1 Å². The molecule has 0 bridgehead atoms. The van der Waals surface area contributed by atoms with Crippen LogP contribution < -0.4 is 15.5 Å². The third-order valence-corrected chi connectivity index (χ3v) is 8.24. The minimum atomic E-state index is -4.07. The van der Waals surface area contributed by atoms with Crippen LogP contribution in [0, 0.1) is 0 Å². The molecule has 1 aliphatic heterocycles. The van der Waals surface area contributed by atoms with Crippen LogP contribution in [0.25, 0.3) is 0 Å². The number of anilines is 3. The number of rotatable bonds is 5. The molecule has 5 rings (SSSR count). The maximum Gasteiger partial charge on any atom is 0.259 e. The van der Waals surface area contributed by atoms with E-state index in [0.29, 0.717) is 22.0 Å². The van der Waals surface area contributed by atoms with Crippen LogP contribution in [0.3, 0.4) is 0 Å². The zero-order valence-corrected chi connectivity index (χ0v) is 22.2. The third-order valence-electron chi connectivity index (χ3n) is 6.15. The van der Waals surface area contributed by atoms with Crippen molar-refractivity contribution in [2.75, 3.05) is 15.5 Å². The number of hydrogen-bond donors (Lipinski definition) is 2. The predicted octanol–water partition coefficient (Wildman–Crippen LogP) is 5.54. The summed E-state index contributed by atoms with van der Waals surface area (Å²) in [5.74, 6) is -1.23. The minimum Gasteiger partial charge on any atom is -0.326 e. The van der Waals surface area contributed by atoms with Crippen molar-refractivity contribution >= 4 is 56.2 Å². The Morgan fingerprint density at radius 3 is 2.21 bits per heavy atom. The number of carbonyl (C=O) groups is 3. The second kappa shape index (κ2) is 10.4. The van der Waals surface area contributed by atoms with Crippen LogP contribution in [-0.4, -0.2) is 26.1 Å². The van der Waals surface area contributed by atoms with Crippen LogP contribution >= 0.6 is 11.6 Å². The van der Waals surface area contributed by atoms with Crippen molar-refractivity contribution in [3.05, 3.63) is 113 Å². The van der Waals surface area contributed by atoms with E-state index in [2.05, 4.69) is 10.6 Å². The molecule has 1 aliphatic rings. The SMILES string of the molecule is CC(=O)Nc1ccc(NC(=O)c2ccc3c(c2)N(Cc2cccc(Cl)c2)C(=O)c2ccccc2S3(=O)=O)cc1. The van der Waals surface area contributed by atoms with Crippen molar-refractivity contribution < 1.29 is 22.8 Å². The molecule has 1 heterocycles. The van der Waals surface area contributed by atoms with E-state index in [0.717, 1.165) is 0 Å². The highest BCUT2D eigenvalue weighted by Crippen LogP contribution is 2.38. The van der Waals surface area contributed by atoms with Gasteiger partial charge in [0.15, 0.2) is 0 Å². The zero-order chi connectivity index (χ0) is 27.7. The topological polar surface area (TPSA) is 113 Å². The summed E-state index contributed by atoms with van der Waals surface area (Å²) in [6.45, 7) is 1.43.